The molecule has 146 valence electrons. The molecule has 7 nitrogen and oxygen atoms in total. The van der Waals surface area contributed by atoms with Gasteiger partial charge in [-0.1, -0.05) is 26.0 Å². The van der Waals surface area contributed by atoms with E-state index >= 15 is 0 Å². The number of urea groups is 1. The first kappa shape index (κ1) is 19.3. The van der Waals surface area contributed by atoms with Crippen molar-refractivity contribution in [3.05, 3.63) is 36.7 Å². The molecule has 0 radical (unpaired) electrons. The second-order valence-electron chi connectivity index (χ2n) is 7.15. The van der Waals surface area contributed by atoms with E-state index in [1.807, 2.05) is 0 Å². The molecule has 1 heterocycles. The van der Waals surface area contributed by atoms with Crippen LogP contribution in [0.3, 0.4) is 0 Å². The zero-order valence-corrected chi connectivity index (χ0v) is 15.8. The number of benzene rings is 1. The van der Waals surface area contributed by atoms with E-state index in [-0.39, 0.29) is 11.4 Å². The van der Waals surface area contributed by atoms with E-state index in [0.29, 0.717) is 11.4 Å². The normalized spacial score (nSPS) is 20.1. The molecule has 1 aromatic carbocycles. The first-order valence-electron chi connectivity index (χ1n) is 8.21. The molecule has 3 rings (SSSR count). The highest BCUT2D eigenvalue weighted by atomic mass is 32.2. The molecule has 0 saturated heterocycles. The highest BCUT2D eigenvalue weighted by Crippen LogP contribution is 2.65. The zero-order chi connectivity index (χ0) is 20.0. The summed E-state index contributed by atoms with van der Waals surface area (Å²) >= 11 is 0. The Bertz CT molecular complexity index is 972. The van der Waals surface area contributed by atoms with Crippen molar-refractivity contribution in [3.63, 3.8) is 0 Å². The number of hydrogen-bond donors (Lipinski definition) is 2. The first-order chi connectivity index (χ1) is 12.4. The number of alkyl halides is 2. The van der Waals surface area contributed by atoms with Gasteiger partial charge in [0.1, 0.15) is 0 Å². The van der Waals surface area contributed by atoms with Crippen molar-refractivity contribution >= 4 is 21.6 Å². The molecule has 27 heavy (non-hydrogen) atoms. The van der Waals surface area contributed by atoms with E-state index in [1.54, 1.807) is 18.2 Å². The Balaban J connectivity index is 1.67. The number of amides is 2. The van der Waals surface area contributed by atoms with Crippen molar-refractivity contribution in [1.29, 1.82) is 0 Å². The van der Waals surface area contributed by atoms with Crippen LogP contribution in [0.4, 0.5) is 19.3 Å². The van der Waals surface area contributed by atoms with E-state index in [1.165, 1.54) is 37.0 Å². The highest BCUT2D eigenvalue weighted by Gasteiger charge is 2.74. The first-order valence-corrected chi connectivity index (χ1v) is 10.1. The average Bonchev–Trinajstić information content (AvgIpc) is 2.90. The van der Waals surface area contributed by atoms with Gasteiger partial charge >= 0.3 is 6.03 Å². The Hall–Kier alpha value is -2.49. The number of anilines is 1. The maximum atomic E-state index is 13.5. The second kappa shape index (κ2) is 6.29. The third-order valence-electron chi connectivity index (χ3n) is 4.90. The summed E-state index contributed by atoms with van der Waals surface area (Å²) < 4.78 is 52.2. The third-order valence-corrected chi connectivity index (χ3v) is 6.05. The monoisotopic (exact) mass is 398 g/mol. The van der Waals surface area contributed by atoms with E-state index < -0.39 is 33.1 Å². The number of para-hydroxylation sites is 1. The fourth-order valence-corrected chi connectivity index (χ4v) is 3.86. The van der Waals surface area contributed by atoms with Gasteiger partial charge in [0, 0.05) is 18.2 Å². The van der Waals surface area contributed by atoms with Gasteiger partial charge in [-0.3, -0.25) is 0 Å². The topological polar surface area (TPSA) is 93.1 Å². The van der Waals surface area contributed by atoms with Crippen LogP contribution in [0.15, 0.2) is 41.6 Å². The molecule has 0 aliphatic heterocycles. The van der Waals surface area contributed by atoms with Gasteiger partial charge in [0.25, 0.3) is 5.92 Å². The van der Waals surface area contributed by atoms with E-state index in [0.717, 1.165) is 6.26 Å². The summed E-state index contributed by atoms with van der Waals surface area (Å²) in [6, 6.07) is 5.69. The number of nitrogens with zero attached hydrogens (tertiary/aromatic N) is 2. The number of hydrogen-bond acceptors (Lipinski definition) is 4. The molecule has 10 heteroatoms. The van der Waals surface area contributed by atoms with Gasteiger partial charge in [0.15, 0.2) is 9.84 Å². The molecule has 1 aromatic heterocycles. The smallest absolute Gasteiger partial charge is 0.319 e. The van der Waals surface area contributed by atoms with E-state index in [2.05, 4.69) is 15.7 Å². The molecule has 1 aliphatic carbocycles. The summed E-state index contributed by atoms with van der Waals surface area (Å²) in [6.45, 7) is 2.78. The minimum Gasteiger partial charge on any atom is -0.337 e. The van der Waals surface area contributed by atoms with Crippen LogP contribution in [-0.2, 0) is 9.84 Å². The van der Waals surface area contributed by atoms with Crippen molar-refractivity contribution in [2.24, 2.45) is 11.3 Å². The second-order valence-corrected chi connectivity index (χ2v) is 9.13. The Labute approximate surface area is 155 Å². The molecule has 2 N–H and O–H groups in total. The maximum absolute atomic E-state index is 13.5. The quantitative estimate of drug-likeness (QED) is 0.810. The van der Waals surface area contributed by atoms with E-state index in [9.17, 15) is 22.0 Å². The van der Waals surface area contributed by atoms with Crippen LogP contribution in [-0.4, -0.2) is 43.0 Å². The molecule has 1 atom stereocenters. The van der Waals surface area contributed by atoms with Crippen LogP contribution in [0.2, 0.25) is 0 Å². The summed E-state index contributed by atoms with van der Waals surface area (Å²) in [5.41, 5.74) is -0.481. The predicted octanol–water partition coefficient (Wildman–Crippen LogP) is 2.69. The standard InChI is InChI=1S/C17H20F2N4O3S/c1-16(2)14(17(16,18)19)9-20-15(24)22-11-8-21-23(10-11)12-6-4-5-7-13(12)27(3,25)26/h4-8,10,14H,9H2,1-3H3,(H2,20,22,24). The summed E-state index contributed by atoms with van der Waals surface area (Å²) in [5, 5.41) is 8.98. The molecule has 1 saturated carbocycles. The average molecular weight is 398 g/mol. The maximum Gasteiger partial charge on any atom is 0.319 e. The fraction of sp³-hybridized carbons (Fsp3) is 0.412. The van der Waals surface area contributed by atoms with Crippen LogP contribution in [0.1, 0.15) is 13.8 Å². The van der Waals surface area contributed by atoms with Gasteiger partial charge in [-0.15, -0.1) is 0 Å². The number of nitrogens with one attached hydrogen (secondary N) is 2. The molecule has 0 spiro atoms. The number of sulfone groups is 1. The SMILES string of the molecule is CC1(C)C(CNC(=O)Nc2cnn(-c3ccccc3S(C)(=O)=O)c2)C1(F)F. The zero-order valence-electron chi connectivity index (χ0n) is 15.0. The molecule has 1 fully saturated rings. The van der Waals surface area contributed by atoms with Gasteiger partial charge in [0.2, 0.25) is 0 Å². The van der Waals surface area contributed by atoms with Gasteiger partial charge in [0.05, 0.1) is 34.6 Å². The molecule has 0 bridgehead atoms. The Morgan fingerprint density at radius 1 is 1.30 bits per heavy atom. The van der Waals surface area contributed by atoms with Gasteiger partial charge in [-0.25, -0.2) is 26.7 Å². The lowest BCUT2D eigenvalue weighted by atomic mass is 10.1. The minimum atomic E-state index is -3.46. The summed E-state index contributed by atoms with van der Waals surface area (Å²) in [4.78, 5) is 12.0. The van der Waals surface area contributed by atoms with Gasteiger partial charge < -0.3 is 10.6 Å². The van der Waals surface area contributed by atoms with Crippen molar-refractivity contribution in [2.75, 3.05) is 18.1 Å². The number of carbonyl (C=O) groups is 1. The van der Waals surface area contributed by atoms with Crippen LogP contribution >= 0.6 is 0 Å². The Morgan fingerprint density at radius 3 is 2.52 bits per heavy atom. The lowest BCUT2D eigenvalue weighted by molar-refractivity contribution is 0.0669. The largest absolute Gasteiger partial charge is 0.337 e. The van der Waals surface area contributed by atoms with Crippen LogP contribution in [0.5, 0.6) is 0 Å². The molecule has 2 aromatic rings. The highest BCUT2D eigenvalue weighted by molar-refractivity contribution is 7.90. The summed E-state index contributed by atoms with van der Waals surface area (Å²) in [6.07, 6.45) is 3.88. The summed E-state index contributed by atoms with van der Waals surface area (Å²) in [7, 11) is -3.46. The molecular formula is C17H20F2N4O3S. The Morgan fingerprint density at radius 2 is 1.93 bits per heavy atom. The summed E-state index contributed by atoms with van der Waals surface area (Å²) in [5.74, 6) is -3.69. The van der Waals surface area contributed by atoms with E-state index in [4.69, 9.17) is 0 Å². The predicted molar refractivity (Wildman–Crippen MR) is 95.9 cm³/mol. The number of carbonyl (C=O) groups excluding carboxylic acids is 1. The van der Waals surface area contributed by atoms with Gasteiger partial charge in [-0.05, 0) is 12.1 Å². The lowest BCUT2D eigenvalue weighted by Crippen LogP contribution is -2.31. The third kappa shape index (κ3) is 3.53. The van der Waals surface area contributed by atoms with Crippen LogP contribution in [0, 0.1) is 11.3 Å². The van der Waals surface area contributed by atoms with Crippen molar-refractivity contribution in [1.82, 2.24) is 15.1 Å². The Kier molecular flexibility index (Phi) is 4.49. The van der Waals surface area contributed by atoms with Crippen molar-refractivity contribution in [2.45, 2.75) is 24.7 Å². The van der Waals surface area contributed by atoms with Crippen molar-refractivity contribution in [3.8, 4) is 5.69 Å². The lowest BCUT2D eigenvalue weighted by Gasteiger charge is -2.07. The number of aromatic nitrogens is 2. The molecule has 1 unspecified atom stereocenters. The molecule has 2 amide bonds. The molecular weight excluding hydrogens is 378 g/mol. The van der Waals surface area contributed by atoms with Crippen molar-refractivity contribution < 1.29 is 22.0 Å². The van der Waals surface area contributed by atoms with Crippen LogP contribution in [0.25, 0.3) is 5.69 Å². The number of rotatable bonds is 5. The fourth-order valence-electron chi connectivity index (χ4n) is 2.99. The minimum absolute atomic E-state index is 0.0993. The van der Waals surface area contributed by atoms with Crippen LogP contribution < -0.4 is 10.6 Å². The van der Waals surface area contributed by atoms with Gasteiger partial charge in [-0.2, -0.15) is 5.10 Å². The number of halogens is 2. The molecule has 1 aliphatic rings.